The summed E-state index contributed by atoms with van der Waals surface area (Å²) in [5.74, 6) is -2.26. The van der Waals surface area contributed by atoms with Gasteiger partial charge in [0, 0.05) is 24.7 Å². The molecule has 0 aliphatic carbocycles. The second-order valence-corrected chi connectivity index (χ2v) is 8.77. The van der Waals surface area contributed by atoms with Gasteiger partial charge in [0.05, 0.1) is 34.5 Å². The maximum atomic E-state index is 13.6. The van der Waals surface area contributed by atoms with Crippen molar-refractivity contribution in [1.29, 1.82) is 0 Å². The van der Waals surface area contributed by atoms with Gasteiger partial charge in [-0.1, -0.05) is 12.1 Å². The van der Waals surface area contributed by atoms with Crippen molar-refractivity contribution in [2.24, 2.45) is 7.05 Å². The van der Waals surface area contributed by atoms with E-state index in [4.69, 9.17) is 4.74 Å². The second-order valence-electron chi connectivity index (χ2n) is 8.77. The van der Waals surface area contributed by atoms with E-state index in [9.17, 15) is 23.5 Å². The zero-order chi connectivity index (χ0) is 27.0. The number of carbonyl (C=O) groups excluding carboxylic acids is 1. The van der Waals surface area contributed by atoms with Gasteiger partial charge in [-0.05, 0) is 37.3 Å². The summed E-state index contributed by atoms with van der Waals surface area (Å²) in [7, 11) is 1.82. The van der Waals surface area contributed by atoms with Crippen molar-refractivity contribution in [2.45, 2.75) is 12.8 Å². The Morgan fingerprint density at radius 3 is 2.63 bits per heavy atom. The number of carbonyl (C=O) groups is 2. The van der Waals surface area contributed by atoms with Gasteiger partial charge in [-0.15, -0.1) is 0 Å². The molecule has 38 heavy (non-hydrogen) atoms. The van der Waals surface area contributed by atoms with Crippen molar-refractivity contribution in [1.82, 2.24) is 24.8 Å². The summed E-state index contributed by atoms with van der Waals surface area (Å²) in [4.78, 5) is 36.1. The number of fused-ring (bicyclic) bond motifs is 2. The maximum absolute atomic E-state index is 13.6. The van der Waals surface area contributed by atoms with Gasteiger partial charge in [-0.3, -0.25) is 4.79 Å². The highest BCUT2D eigenvalue weighted by Crippen LogP contribution is 2.28. The molecule has 11 heteroatoms. The fourth-order valence-electron chi connectivity index (χ4n) is 4.29. The van der Waals surface area contributed by atoms with Crippen LogP contribution in [-0.4, -0.2) is 49.7 Å². The summed E-state index contributed by atoms with van der Waals surface area (Å²) in [6.07, 6.45) is 0. The van der Waals surface area contributed by atoms with Crippen LogP contribution in [0.3, 0.4) is 0 Å². The number of carboxylic acids is 1. The Labute approximate surface area is 215 Å². The molecule has 5 aromatic rings. The zero-order valence-electron chi connectivity index (χ0n) is 20.5. The third-order valence-electron chi connectivity index (χ3n) is 6.28. The molecule has 0 radical (unpaired) electrons. The highest BCUT2D eigenvalue weighted by Gasteiger charge is 2.21. The molecular formula is C27H23F2N5O4. The number of para-hydroxylation sites is 1. The number of carboxylic acid groups (broad SMARTS) is 1. The number of hydrogen-bond donors (Lipinski definition) is 3. The first kappa shape index (κ1) is 24.9. The number of imidazole rings is 2. The lowest BCUT2D eigenvalue weighted by molar-refractivity contribution is 0.0691. The number of H-pyrrole nitrogens is 1. The van der Waals surface area contributed by atoms with Crippen molar-refractivity contribution in [3.63, 3.8) is 0 Å². The third kappa shape index (κ3) is 4.65. The number of aromatic amines is 1. The predicted octanol–water partition coefficient (Wildman–Crippen LogP) is 4.39. The number of aromatic carboxylic acids is 1. The monoisotopic (exact) mass is 519 g/mol. The molecule has 0 saturated carbocycles. The molecule has 1 unspecified atom stereocenters. The quantitative estimate of drug-likeness (QED) is 0.262. The van der Waals surface area contributed by atoms with Crippen LogP contribution in [0.25, 0.3) is 22.1 Å². The average Bonchev–Trinajstić information content (AvgIpc) is 3.46. The van der Waals surface area contributed by atoms with Crippen LogP contribution in [0.4, 0.5) is 8.78 Å². The van der Waals surface area contributed by atoms with Crippen molar-refractivity contribution >= 4 is 33.9 Å². The molecule has 2 aromatic heterocycles. The number of benzene rings is 3. The third-order valence-corrected chi connectivity index (χ3v) is 6.28. The minimum Gasteiger partial charge on any atom is -0.491 e. The zero-order valence-corrected chi connectivity index (χ0v) is 20.5. The molecule has 0 saturated heterocycles. The summed E-state index contributed by atoms with van der Waals surface area (Å²) in [6.45, 7) is 2.14. The number of aromatic nitrogens is 4. The molecule has 194 valence electrons. The highest BCUT2D eigenvalue weighted by atomic mass is 19.2. The Kier molecular flexibility index (Phi) is 6.50. The SMILES string of the molecule is CC(c1nc2cc(F)c(F)cc2[nH]1)c1nc2ccc(C(=O)NCCOc3ccccc3C(=O)O)cc2n1C. The molecule has 2 heterocycles. The van der Waals surface area contributed by atoms with Crippen LogP contribution < -0.4 is 10.1 Å². The molecule has 5 rings (SSSR count). The first-order valence-corrected chi connectivity index (χ1v) is 11.8. The molecule has 0 fully saturated rings. The van der Waals surface area contributed by atoms with Crippen LogP contribution in [0, 0.1) is 11.6 Å². The number of rotatable bonds is 8. The van der Waals surface area contributed by atoms with E-state index in [1.165, 1.54) is 6.07 Å². The molecule has 0 aliphatic heterocycles. The molecule has 1 amide bonds. The number of aryl methyl sites for hydroxylation is 1. The van der Waals surface area contributed by atoms with Crippen molar-refractivity contribution < 1.29 is 28.2 Å². The van der Waals surface area contributed by atoms with Crippen LogP contribution in [0.2, 0.25) is 0 Å². The first-order chi connectivity index (χ1) is 18.2. The average molecular weight is 520 g/mol. The topological polar surface area (TPSA) is 122 Å². The summed E-state index contributed by atoms with van der Waals surface area (Å²) < 4.78 is 34.6. The van der Waals surface area contributed by atoms with Gasteiger partial charge < -0.3 is 24.7 Å². The van der Waals surface area contributed by atoms with Crippen molar-refractivity contribution in [3.8, 4) is 5.75 Å². The standard InChI is InChI=1S/C27H23F2N5O4/c1-14(24-31-20-12-17(28)18(29)13-21(20)32-24)25-33-19-8-7-15(11-22(19)34(25)2)26(35)30-9-10-38-23-6-4-3-5-16(23)27(36)37/h3-8,11-14H,9-10H2,1-2H3,(H,30,35)(H,31,32)(H,36,37). The van der Waals surface area contributed by atoms with Crippen LogP contribution >= 0.6 is 0 Å². The number of nitrogens with one attached hydrogen (secondary N) is 2. The van der Waals surface area contributed by atoms with Crippen LogP contribution in [-0.2, 0) is 7.05 Å². The highest BCUT2D eigenvalue weighted by molar-refractivity contribution is 5.97. The summed E-state index contributed by atoms with van der Waals surface area (Å²) in [6, 6.07) is 13.5. The Bertz CT molecular complexity index is 1660. The van der Waals surface area contributed by atoms with E-state index in [0.717, 1.165) is 17.6 Å². The molecule has 0 bridgehead atoms. The fraction of sp³-hybridized carbons (Fsp3) is 0.185. The molecule has 1 atom stereocenters. The van der Waals surface area contributed by atoms with Gasteiger partial charge in [-0.2, -0.15) is 0 Å². The van der Waals surface area contributed by atoms with Crippen LogP contribution in [0.15, 0.2) is 54.6 Å². The Morgan fingerprint density at radius 2 is 1.84 bits per heavy atom. The largest absolute Gasteiger partial charge is 0.491 e. The van der Waals surface area contributed by atoms with Gasteiger partial charge in [0.15, 0.2) is 11.6 Å². The number of ether oxygens (including phenoxy) is 1. The first-order valence-electron chi connectivity index (χ1n) is 11.8. The Hall–Kier alpha value is -4.80. The summed E-state index contributed by atoms with van der Waals surface area (Å²) >= 11 is 0. The van der Waals surface area contributed by atoms with Crippen LogP contribution in [0.5, 0.6) is 5.75 Å². The summed E-state index contributed by atoms with van der Waals surface area (Å²) in [5, 5.41) is 12.0. The van der Waals surface area contributed by atoms with Gasteiger partial charge in [0.2, 0.25) is 0 Å². The van der Waals surface area contributed by atoms with E-state index in [1.54, 1.807) is 36.4 Å². The number of halogens is 2. The van der Waals surface area contributed by atoms with Gasteiger partial charge in [-0.25, -0.2) is 23.5 Å². The molecule has 3 aromatic carbocycles. The fourth-order valence-corrected chi connectivity index (χ4v) is 4.29. The summed E-state index contributed by atoms with van der Waals surface area (Å²) in [5.41, 5.74) is 2.57. The maximum Gasteiger partial charge on any atom is 0.339 e. The molecular weight excluding hydrogens is 496 g/mol. The Balaban J connectivity index is 1.29. The van der Waals surface area contributed by atoms with E-state index < -0.39 is 17.6 Å². The molecule has 0 spiro atoms. The second kappa shape index (κ2) is 9.92. The van der Waals surface area contributed by atoms with Crippen molar-refractivity contribution in [3.05, 3.63) is 89.0 Å². The molecule has 3 N–H and O–H groups in total. The Morgan fingerprint density at radius 1 is 1.08 bits per heavy atom. The van der Waals surface area contributed by atoms with Crippen LogP contribution in [0.1, 0.15) is 45.2 Å². The lowest BCUT2D eigenvalue weighted by atomic mass is 10.1. The molecule has 0 aliphatic rings. The minimum atomic E-state index is -1.09. The van der Waals surface area contributed by atoms with Gasteiger partial charge in [0.1, 0.15) is 29.6 Å². The van der Waals surface area contributed by atoms with E-state index in [-0.39, 0.29) is 36.3 Å². The van der Waals surface area contributed by atoms with E-state index in [1.807, 2.05) is 18.5 Å². The molecule has 9 nitrogen and oxygen atoms in total. The lowest BCUT2D eigenvalue weighted by Crippen LogP contribution is -2.28. The van der Waals surface area contributed by atoms with E-state index in [0.29, 0.717) is 33.8 Å². The number of nitrogens with zero attached hydrogens (tertiary/aromatic N) is 3. The van der Waals surface area contributed by atoms with Crippen molar-refractivity contribution in [2.75, 3.05) is 13.2 Å². The smallest absolute Gasteiger partial charge is 0.339 e. The minimum absolute atomic E-state index is 0.0486. The lowest BCUT2D eigenvalue weighted by Gasteiger charge is -2.10. The van der Waals surface area contributed by atoms with Gasteiger partial charge >= 0.3 is 5.97 Å². The number of amides is 1. The predicted molar refractivity (Wildman–Crippen MR) is 135 cm³/mol. The van der Waals surface area contributed by atoms with E-state index >= 15 is 0 Å². The normalized spacial score (nSPS) is 12.1. The number of hydrogen-bond acceptors (Lipinski definition) is 5. The van der Waals surface area contributed by atoms with E-state index in [2.05, 4.69) is 20.3 Å². The van der Waals surface area contributed by atoms with Gasteiger partial charge in [0.25, 0.3) is 5.91 Å².